The Bertz CT molecular complexity index is 722. The Labute approximate surface area is 143 Å². The molecule has 0 aromatic heterocycles. The molecule has 4 heteroatoms. The zero-order valence-electron chi connectivity index (χ0n) is 14.4. The summed E-state index contributed by atoms with van der Waals surface area (Å²) < 4.78 is 11.3. The van der Waals surface area contributed by atoms with E-state index in [0.29, 0.717) is 12.5 Å². The van der Waals surface area contributed by atoms with Crippen molar-refractivity contribution in [2.45, 2.75) is 12.8 Å². The van der Waals surface area contributed by atoms with Crippen LogP contribution in [0.25, 0.3) is 0 Å². The summed E-state index contributed by atoms with van der Waals surface area (Å²) in [4.78, 5) is 13.5. The van der Waals surface area contributed by atoms with Crippen molar-refractivity contribution in [2.75, 3.05) is 27.8 Å². The average Bonchev–Trinajstić information content (AvgIpc) is 2.61. The summed E-state index contributed by atoms with van der Waals surface area (Å²) >= 11 is 0. The maximum absolute atomic E-state index is 11.9. The fraction of sp³-hybridized carbons (Fsp3) is 0.350. The van der Waals surface area contributed by atoms with Crippen LogP contribution < -0.4 is 9.47 Å². The number of ether oxygens (including phenoxy) is 2. The van der Waals surface area contributed by atoms with E-state index < -0.39 is 0 Å². The molecule has 0 N–H and O–H groups in total. The van der Waals surface area contributed by atoms with Crippen LogP contribution in [-0.2, 0) is 12.8 Å². The van der Waals surface area contributed by atoms with Gasteiger partial charge in [0.1, 0.15) is 0 Å². The van der Waals surface area contributed by atoms with Crippen LogP contribution in [0.2, 0.25) is 0 Å². The highest BCUT2D eigenvalue weighted by Gasteiger charge is 2.23. The number of amides is 1. The zero-order valence-corrected chi connectivity index (χ0v) is 14.4. The highest BCUT2D eigenvalue weighted by Crippen LogP contribution is 2.36. The van der Waals surface area contributed by atoms with E-state index >= 15 is 0 Å². The number of fused-ring (bicyclic) bond motifs is 1. The van der Waals surface area contributed by atoms with Crippen molar-refractivity contribution in [3.05, 3.63) is 59.2 Å². The number of methoxy groups -OCH3 is 1. The molecule has 4 nitrogen and oxygen atoms in total. The van der Waals surface area contributed by atoms with Gasteiger partial charge >= 0.3 is 0 Å². The molecule has 126 valence electrons. The molecular formula is C20H23NO3. The Hall–Kier alpha value is -2.49. The van der Waals surface area contributed by atoms with Crippen LogP contribution >= 0.6 is 0 Å². The lowest BCUT2D eigenvalue weighted by molar-refractivity contribution is 0.0827. The molecular weight excluding hydrogens is 302 g/mol. The lowest BCUT2D eigenvalue weighted by Crippen LogP contribution is -2.23. The lowest BCUT2D eigenvalue weighted by atomic mass is 9.90. The average molecular weight is 325 g/mol. The van der Waals surface area contributed by atoms with Crippen LogP contribution in [0.4, 0.5) is 0 Å². The van der Waals surface area contributed by atoms with Crippen LogP contribution in [0.15, 0.2) is 42.5 Å². The smallest absolute Gasteiger partial charge is 0.253 e. The number of para-hydroxylation sites is 1. The normalized spacial score (nSPS) is 16.0. The third-order valence-corrected chi connectivity index (χ3v) is 4.38. The first-order valence-corrected chi connectivity index (χ1v) is 8.17. The number of carbonyl (C=O) groups is 1. The maximum Gasteiger partial charge on any atom is 0.253 e. The highest BCUT2D eigenvalue weighted by atomic mass is 16.5. The molecule has 0 bridgehead atoms. The number of carbonyl (C=O) groups excluding carboxylic acids is 1. The highest BCUT2D eigenvalue weighted by molar-refractivity contribution is 5.93. The van der Waals surface area contributed by atoms with Crippen LogP contribution in [-0.4, -0.2) is 38.6 Å². The minimum Gasteiger partial charge on any atom is -0.493 e. The van der Waals surface area contributed by atoms with Crippen LogP contribution in [0.1, 0.15) is 21.5 Å². The fourth-order valence-corrected chi connectivity index (χ4v) is 3.12. The monoisotopic (exact) mass is 325 g/mol. The van der Waals surface area contributed by atoms with E-state index in [1.54, 1.807) is 26.1 Å². The quantitative estimate of drug-likeness (QED) is 0.866. The molecule has 24 heavy (non-hydrogen) atoms. The molecule has 0 spiro atoms. The second-order valence-corrected chi connectivity index (χ2v) is 6.43. The van der Waals surface area contributed by atoms with E-state index in [9.17, 15) is 4.79 Å². The molecule has 0 radical (unpaired) electrons. The molecule has 0 aliphatic carbocycles. The Morgan fingerprint density at radius 2 is 1.96 bits per heavy atom. The van der Waals surface area contributed by atoms with E-state index in [4.69, 9.17) is 9.47 Å². The van der Waals surface area contributed by atoms with Gasteiger partial charge in [-0.15, -0.1) is 0 Å². The minimum absolute atomic E-state index is 0.0311. The standard InChI is InChI=1S/C20H23NO3/c1-21(2)20(22)16-9-7-14(8-10-16)11-15-12-17-5-4-6-18(23-3)19(17)24-13-15/h4-10,15H,11-13H2,1-3H3/t15-/m0/s1. The van der Waals surface area contributed by atoms with Gasteiger partial charge in [0.25, 0.3) is 5.91 Å². The van der Waals surface area contributed by atoms with Gasteiger partial charge in [-0.25, -0.2) is 0 Å². The molecule has 1 amide bonds. The van der Waals surface area contributed by atoms with Gasteiger partial charge in [-0.2, -0.15) is 0 Å². The number of hydrogen-bond acceptors (Lipinski definition) is 3. The van der Waals surface area contributed by atoms with Crippen molar-refractivity contribution in [1.29, 1.82) is 0 Å². The summed E-state index contributed by atoms with van der Waals surface area (Å²) in [6.45, 7) is 0.686. The van der Waals surface area contributed by atoms with Crippen molar-refractivity contribution >= 4 is 5.91 Å². The molecule has 1 aliphatic heterocycles. The molecule has 0 fully saturated rings. The predicted molar refractivity (Wildman–Crippen MR) is 93.8 cm³/mol. The van der Waals surface area contributed by atoms with Crippen molar-refractivity contribution in [2.24, 2.45) is 5.92 Å². The van der Waals surface area contributed by atoms with Crippen molar-refractivity contribution in [1.82, 2.24) is 4.90 Å². The summed E-state index contributed by atoms with van der Waals surface area (Å²) in [6.07, 6.45) is 1.91. The molecule has 0 saturated heterocycles. The minimum atomic E-state index is 0.0311. The molecule has 0 unspecified atom stereocenters. The van der Waals surface area contributed by atoms with E-state index in [2.05, 4.69) is 6.07 Å². The summed E-state index contributed by atoms with van der Waals surface area (Å²) in [7, 11) is 5.20. The Morgan fingerprint density at radius 3 is 2.62 bits per heavy atom. The third-order valence-electron chi connectivity index (χ3n) is 4.38. The molecule has 1 atom stereocenters. The van der Waals surface area contributed by atoms with E-state index in [0.717, 1.165) is 29.9 Å². The number of hydrogen-bond donors (Lipinski definition) is 0. The lowest BCUT2D eigenvalue weighted by Gasteiger charge is -2.26. The van der Waals surface area contributed by atoms with Crippen molar-refractivity contribution in [3.8, 4) is 11.5 Å². The number of benzene rings is 2. The summed E-state index contributed by atoms with van der Waals surface area (Å²) in [5, 5.41) is 0. The summed E-state index contributed by atoms with van der Waals surface area (Å²) in [6, 6.07) is 13.9. The first kappa shape index (κ1) is 16.4. The van der Waals surface area contributed by atoms with Gasteiger partial charge in [0.15, 0.2) is 11.5 Å². The van der Waals surface area contributed by atoms with Crippen LogP contribution in [0.5, 0.6) is 11.5 Å². The SMILES string of the molecule is COc1cccc2c1OC[C@@H](Cc1ccc(C(=O)N(C)C)cc1)C2. The maximum atomic E-state index is 11.9. The molecule has 1 aliphatic rings. The number of nitrogens with zero attached hydrogens (tertiary/aromatic N) is 1. The zero-order chi connectivity index (χ0) is 17.1. The van der Waals surface area contributed by atoms with E-state index in [1.165, 1.54) is 11.1 Å². The second kappa shape index (κ2) is 6.95. The largest absolute Gasteiger partial charge is 0.493 e. The Kier molecular flexibility index (Phi) is 4.74. The third kappa shape index (κ3) is 3.37. The van der Waals surface area contributed by atoms with Crippen molar-refractivity contribution in [3.63, 3.8) is 0 Å². The molecule has 0 saturated carbocycles. The number of rotatable bonds is 4. The van der Waals surface area contributed by atoms with Gasteiger partial charge in [-0.1, -0.05) is 24.3 Å². The fourth-order valence-electron chi connectivity index (χ4n) is 3.12. The molecule has 1 heterocycles. The van der Waals surface area contributed by atoms with E-state index in [1.807, 2.05) is 36.4 Å². The van der Waals surface area contributed by atoms with Crippen LogP contribution in [0, 0.1) is 5.92 Å². The Morgan fingerprint density at radius 1 is 1.21 bits per heavy atom. The van der Waals surface area contributed by atoms with E-state index in [-0.39, 0.29) is 5.91 Å². The summed E-state index contributed by atoms with van der Waals surface area (Å²) in [5.41, 5.74) is 3.15. The van der Waals surface area contributed by atoms with Gasteiger partial charge in [-0.05, 0) is 42.2 Å². The predicted octanol–water partition coefficient (Wildman–Crippen LogP) is 3.19. The van der Waals surface area contributed by atoms with Crippen molar-refractivity contribution < 1.29 is 14.3 Å². The first-order chi connectivity index (χ1) is 11.6. The van der Waals surface area contributed by atoms with Gasteiger partial charge < -0.3 is 14.4 Å². The molecule has 2 aromatic rings. The first-order valence-electron chi connectivity index (χ1n) is 8.17. The molecule has 3 rings (SSSR count). The second-order valence-electron chi connectivity index (χ2n) is 6.43. The topological polar surface area (TPSA) is 38.8 Å². The summed E-state index contributed by atoms with van der Waals surface area (Å²) in [5.74, 6) is 2.14. The van der Waals surface area contributed by atoms with Crippen LogP contribution in [0.3, 0.4) is 0 Å². The van der Waals surface area contributed by atoms with Gasteiger partial charge in [0.2, 0.25) is 0 Å². The van der Waals surface area contributed by atoms with Gasteiger partial charge in [0.05, 0.1) is 13.7 Å². The Balaban J connectivity index is 1.68. The molecule has 2 aromatic carbocycles. The van der Waals surface area contributed by atoms with Gasteiger partial charge in [0, 0.05) is 25.6 Å². The van der Waals surface area contributed by atoms with Gasteiger partial charge in [-0.3, -0.25) is 4.79 Å².